The Morgan fingerprint density at radius 2 is 2.42 bits per heavy atom. The smallest absolute Gasteiger partial charge is 0.268 e. The molecule has 0 atom stereocenters. The summed E-state index contributed by atoms with van der Waals surface area (Å²) >= 11 is 4.60. The summed E-state index contributed by atoms with van der Waals surface area (Å²) < 4.78 is 2.15. The zero-order valence-electron chi connectivity index (χ0n) is 9.79. The number of amidine groups is 1. The number of aromatic nitrogens is 2. The Labute approximate surface area is 120 Å². The molecule has 100 valence electrons. The molecule has 0 radical (unpaired) electrons. The number of oxime groups is 1. The highest BCUT2D eigenvalue weighted by atomic mass is 79.9. The molecule has 2 heterocycles. The monoisotopic (exact) mass is 343 g/mol. The van der Waals surface area contributed by atoms with E-state index in [1.165, 1.54) is 22.2 Å². The Kier molecular flexibility index (Phi) is 3.86. The van der Waals surface area contributed by atoms with Crippen LogP contribution in [0.4, 0.5) is 5.82 Å². The molecule has 0 unspecified atom stereocenters. The van der Waals surface area contributed by atoms with Gasteiger partial charge in [-0.3, -0.25) is 9.48 Å². The van der Waals surface area contributed by atoms with Gasteiger partial charge < -0.3 is 16.3 Å². The van der Waals surface area contributed by atoms with Gasteiger partial charge in [0.1, 0.15) is 10.7 Å². The second-order valence-corrected chi connectivity index (χ2v) is 5.34. The van der Waals surface area contributed by atoms with Gasteiger partial charge in [0, 0.05) is 11.5 Å². The first-order chi connectivity index (χ1) is 9.04. The van der Waals surface area contributed by atoms with Crippen molar-refractivity contribution in [3.63, 3.8) is 0 Å². The van der Waals surface area contributed by atoms with Gasteiger partial charge in [-0.15, -0.1) is 11.3 Å². The van der Waals surface area contributed by atoms with Crippen LogP contribution < -0.4 is 11.1 Å². The lowest BCUT2D eigenvalue weighted by molar-refractivity contribution is 0.102. The van der Waals surface area contributed by atoms with E-state index in [9.17, 15) is 4.79 Å². The van der Waals surface area contributed by atoms with Crippen LogP contribution in [0.2, 0.25) is 0 Å². The Morgan fingerprint density at radius 3 is 3.00 bits per heavy atom. The maximum absolute atomic E-state index is 12.1. The summed E-state index contributed by atoms with van der Waals surface area (Å²) in [6, 6.07) is 1.78. The molecule has 2 rings (SSSR count). The van der Waals surface area contributed by atoms with Crippen molar-refractivity contribution in [3.05, 3.63) is 32.6 Å². The van der Waals surface area contributed by atoms with E-state index in [0.29, 0.717) is 20.7 Å². The van der Waals surface area contributed by atoms with Crippen LogP contribution in [0.15, 0.2) is 27.3 Å². The highest BCUT2D eigenvalue weighted by Gasteiger charge is 2.18. The average molecular weight is 344 g/mol. The van der Waals surface area contributed by atoms with Crippen LogP contribution in [0.25, 0.3) is 0 Å². The molecule has 2 aromatic heterocycles. The molecule has 0 aliphatic rings. The second-order valence-electron chi connectivity index (χ2n) is 3.57. The standard InChI is InChI=1S/C10H10BrN5O2S/c1-16-9(5(4-13-16)8(12)15-18)14-10(17)7-6(11)2-3-19-7/h2-4,18H,1H3,(H2,12,15)(H,14,17). The van der Waals surface area contributed by atoms with Crippen molar-refractivity contribution in [2.45, 2.75) is 0 Å². The summed E-state index contributed by atoms with van der Waals surface area (Å²) in [6.07, 6.45) is 1.41. The minimum Gasteiger partial charge on any atom is -0.409 e. The van der Waals surface area contributed by atoms with Crippen LogP contribution in [0, 0.1) is 0 Å². The van der Waals surface area contributed by atoms with Crippen LogP contribution in [0.1, 0.15) is 15.2 Å². The van der Waals surface area contributed by atoms with E-state index in [1.807, 2.05) is 0 Å². The summed E-state index contributed by atoms with van der Waals surface area (Å²) in [6.45, 7) is 0. The molecule has 4 N–H and O–H groups in total. The molecular weight excluding hydrogens is 334 g/mol. The largest absolute Gasteiger partial charge is 0.409 e. The molecule has 0 saturated heterocycles. The van der Waals surface area contributed by atoms with Crippen molar-refractivity contribution >= 4 is 44.8 Å². The van der Waals surface area contributed by atoms with Crippen molar-refractivity contribution in [2.24, 2.45) is 17.9 Å². The van der Waals surface area contributed by atoms with Gasteiger partial charge in [0.25, 0.3) is 5.91 Å². The summed E-state index contributed by atoms with van der Waals surface area (Å²) in [4.78, 5) is 12.6. The number of halogens is 1. The predicted molar refractivity (Wildman–Crippen MR) is 75.7 cm³/mol. The van der Waals surface area contributed by atoms with Gasteiger partial charge in [0.2, 0.25) is 0 Å². The van der Waals surface area contributed by atoms with Crippen molar-refractivity contribution in [1.82, 2.24) is 9.78 Å². The summed E-state index contributed by atoms with van der Waals surface area (Å²) in [5.74, 6) is -0.0493. The number of aryl methyl sites for hydroxylation is 1. The number of hydrogen-bond acceptors (Lipinski definition) is 5. The number of nitrogens with two attached hydrogens (primary N) is 1. The number of amides is 1. The molecule has 0 spiro atoms. The van der Waals surface area contributed by atoms with Crippen molar-refractivity contribution in [3.8, 4) is 0 Å². The number of thiophene rings is 1. The number of hydrogen-bond donors (Lipinski definition) is 3. The molecule has 0 saturated carbocycles. The highest BCUT2D eigenvalue weighted by molar-refractivity contribution is 9.10. The Hall–Kier alpha value is -1.87. The Bertz CT molecular complexity index is 648. The van der Waals surface area contributed by atoms with Gasteiger partial charge in [-0.05, 0) is 27.4 Å². The molecule has 0 fully saturated rings. The molecule has 0 aliphatic heterocycles. The summed E-state index contributed by atoms with van der Waals surface area (Å²) in [7, 11) is 1.65. The van der Waals surface area contributed by atoms with Crippen LogP contribution in [0.5, 0.6) is 0 Å². The average Bonchev–Trinajstić information content (AvgIpc) is 2.96. The maximum atomic E-state index is 12.1. The normalized spacial score (nSPS) is 11.6. The quantitative estimate of drug-likeness (QED) is 0.340. The SMILES string of the molecule is Cn1ncc(C(N)=NO)c1NC(=O)c1sccc1Br. The van der Waals surface area contributed by atoms with Crippen molar-refractivity contribution in [1.29, 1.82) is 0 Å². The minimum absolute atomic E-state index is 0.117. The molecule has 0 bridgehead atoms. The number of carbonyl (C=O) groups is 1. The number of anilines is 1. The minimum atomic E-state index is -0.294. The van der Waals surface area contributed by atoms with Crippen LogP contribution in [0.3, 0.4) is 0 Å². The number of rotatable bonds is 3. The van der Waals surface area contributed by atoms with Gasteiger partial charge in [-0.1, -0.05) is 5.16 Å². The molecule has 9 heteroatoms. The molecular formula is C10H10BrN5O2S. The maximum Gasteiger partial charge on any atom is 0.268 e. The first kappa shape index (κ1) is 13.6. The van der Waals surface area contributed by atoms with E-state index in [0.717, 1.165) is 0 Å². The number of nitrogens with one attached hydrogen (secondary N) is 1. The van der Waals surface area contributed by atoms with Crippen LogP contribution >= 0.6 is 27.3 Å². The third-order valence-electron chi connectivity index (χ3n) is 2.38. The molecule has 19 heavy (non-hydrogen) atoms. The van der Waals surface area contributed by atoms with E-state index in [4.69, 9.17) is 10.9 Å². The predicted octanol–water partition coefficient (Wildman–Crippen LogP) is 1.59. The fourth-order valence-electron chi connectivity index (χ4n) is 1.45. The number of nitrogens with zero attached hydrogens (tertiary/aromatic N) is 3. The second kappa shape index (κ2) is 5.41. The Morgan fingerprint density at radius 1 is 1.68 bits per heavy atom. The first-order valence-electron chi connectivity index (χ1n) is 5.08. The van der Waals surface area contributed by atoms with Crippen molar-refractivity contribution < 1.29 is 10.0 Å². The molecule has 2 aromatic rings. The van der Waals surface area contributed by atoms with Crippen LogP contribution in [-0.4, -0.2) is 26.7 Å². The molecule has 0 aliphatic carbocycles. The zero-order valence-corrected chi connectivity index (χ0v) is 12.2. The van der Waals surface area contributed by atoms with E-state index in [-0.39, 0.29) is 11.7 Å². The van der Waals surface area contributed by atoms with E-state index in [1.54, 1.807) is 18.5 Å². The van der Waals surface area contributed by atoms with Gasteiger partial charge in [0.05, 0.1) is 11.8 Å². The van der Waals surface area contributed by atoms with E-state index >= 15 is 0 Å². The van der Waals surface area contributed by atoms with Gasteiger partial charge in [-0.25, -0.2) is 0 Å². The number of carbonyl (C=O) groups excluding carboxylic acids is 1. The lowest BCUT2D eigenvalue weighted by Crippen LogP contribution is -2.19. The van der Waals surface area contributed by atoms with Crippen molar-refractivity contribution in [2.75, 3.05) is 5.32 Å². The highest BCUT2D eigenvalue weighted by Crippen LogP contribution is 2.24. The molecule has 7 nitrogen and oxygen atoms in total. The van der Waals surface area contributed by atoms with Gasteiger partial charge >= 0.3 is 0 Å². The third-order valence-corrected chi connectivity index (χ3v) is 4.21. The third kappa shape index (κ3) is 2.61. The zero-order chi connectivity index (χ0) is 14.0. The summed E-state index contributed by atoms with van der Waals surface area (Å²) in [5, 5.41) is 20.0. The van der Waals surface area contributed by atoms with Gasteiger partial charge in [-0.2, -0.15) is 5.10 Å². The fourth-order valence-corrected chi connectivity index (χ4v) is 2.89. The topological polar surface area (TPSA) is 106 Å². The van der Waals surface area contributed by atoms with E-state index < -0.39 is 0 Å². The molecule has 1 amide bonds. The first-order valence-corrected chi connectivity index (χ1v) is 6.76. The van der Waals surface area contributed by atoms with Gasteiger partial charge in [0.15, 0.2) is 5.84 Å². The fraction of sp³-hybridized carbons (Fsp3) is 0.100. The molecule has 0 aromatic carbocycles. The van der Waals surface area contributed by atoms with E-state index in [2.05, 4.69) is 31.5 Å². The Balaban J connectivity index is 2.32. The lowest BCUT2D eigenvalue weighted by Gasteiger charge is -2.07. The summed E-state index contributed by atoms with van der Waals surface area (Å²) in [5.41, 5.74) is 5.87. The lowest BCUT2D eigenvalue weighted by atomic mass is 10.3. The van der Waals surface area contributed by atoms with Crippen LogP contribution in [-0.2, 0) is 7.05 Å².